The van der Waals surface area contributed by atoms with Gasteiger partial charge in [-0.3, -0.25) is 9.58 Å². The minimum atomic E-state index is -0.0400. The van der Waals surface area contributed by atoms with E-state index >= 15 is 0 Å². The molecule has 25 heavy (non-hydrogen) atoms. The van der Waals surface area contributed by atoms with Crippen LogP contribution in [0.1, 0.15) is 29.5 Å². The summed E-state index contributed by atoms with van der Waals surface area (Å²) in [6.45, 7) is 5.17. The SMILES string of the molecule is Cc1nc2c(c(N3CC(n4cc(N5CCNC5=O)cn4)C3)n1)CCC2. The number of aryl methyl sites for hydroxylation is 2. The molecule has 0 spiro atoms. The number of hydrogen-bond donors (Lipinski definition) is 1. The van der Waals surface area contributed by atoms with E-state index in [2.05, 4.69) is 20.3 Å². The van der Waals surface area contributed by atoms with Crippen molar-refractivity contribution in [3.8, 4) is 0 Å². The standard InChI is InChI=1S/C17H21N7O/c1-11-20-15-4-2-3-14(15)16(21-11)22-8-13(9-22)24-10-12(7-19-24)23-6-5-18-17(23)25/h7,10,13H,2-6,8-9H2,1H3,(H,18,25). The molecular weight excluding hydrogens is 318 g/mol. The monoisotopic (exact) mass is 339 g/mol. The summed E-state index contributed by atoms with van der Waals surface area (Å²) in [4.78, 5) is 25.1. The molecule has 4 heterocycles. The third-order valence-corrected chi connectivity index (χ3v) is 5.32. The second kappa shape index (κ2) is 5.44. The van der Waals surface area contributed by atoms with Crippen LogP contribution in [0, 0.1) is 6.92 Å². The quantitative estimate of drug-likeness (QED) is 0.905. The van der Waals surface area contributed by atoms with Crippen LogP contribution in [0.4, 0.5) is 16.3 Å². The number of carbonyl (C=O) groups is 1. The Kier molecular flexibility index (Phi) is 3.19. The molecule has 2 aliphatic heterocycles. The van der Waals surface area contributed by atoms with Gasteiger partial charge >= 0.3 is 6.03 Å². The highest BCUT2D eigenvalue weighted by atomic mass is 16.2. The highest BCUT2D eigenvalue weighted by Gasteiger charge is 2.34. The van der Waals surface area contributed by atoms with Gasteiger partial charge < -0.3 is 10.2 Å². The summed E-state index contributed by atoms with van der Waals surface area (Å²) < 4.78 is 1.98. The smallest absolute Gasteiger partial charge is 0.322 e. The predicted octanol–water partition coefficient (Wildman–Crippen LogP) is 1.06. The van der Waals surface area contributed by atoms with Gasteiger partial charge in [0.25, 0.3) is 0 Å². The molecule has 0 bridgehead atoms. The summed E-state index contributed by atoms with van der Waals surface area (Å²) in [5.74, 6) is 1.98. The van der Waals surface area contributed by atoms with E-state index in [0.717, 1.165) is 43.3 Å². The van der Waals surface area contributed by atoms with E-state index in [-0.39, 0.29) is 6.03 Å². The molecule has 2 amide bonds. The molecule has 5 rings (SSSR count). The van der Waals surface area contributed by atoms with Crippen molar-refractivity contribution in [2.45, 2.75) is 32.2 Å². The fraction of sp³-hybridized carbons (Fsp3) is 0.529. The molecule has 0 unspecified atom stereocenters. The molecule has 3 aliphatic rings. The van der Waals surface area contributed by atoms with Crippen LogP contribution in [-0.4, -0.2) is 52.0 Å². The van der Waals surface area contributed by atoms with Gasteiger partial charge in [-0.15, -0.1) is 0 Å². The molecule has 1 aliphatic carbocycles. The van der Waals surface area contributed by atoms with Gasteiger partial charge in [-0.25, -0.2) is 14.8 Å². The molecule has 0 saturated carbocycles. The van der Waals surface area contributed by atoms with Crippen LogP contribution in [0.15, 0.2) is 12.4 Å². The first-order valence-electron chi connectivity index (χ1n) is 8.90. The molecule has 130 valence electrons. The lowest BCUT2D eigenvalue weighted by Gasteiger charge is -2.41. The number of rotatable bonds is 3. The maximum absolute atomic E-state index is 11.8. The Hall–Kier alpha value is -2.64. The van der Waals surface area contributed by atoms with E-state index in [1.165, 1.54) is 17.7 Å². The zero-order valence-corrected chi connectivity index (χ0v) is 14.3. The Morgan fingerprint density at radius 1 is 1.24 bits per heavy atom. The number of aromatic nitrogens is 4. The van der Waals surface area contributed by atoms with Crippen LogP contribution in [-0.2, 0) is 12.8 Å². The molecule has 0 radical (unpaired) electrons. The second-order valence-electron chi connectivity index (χ2n) is 6.99. The Bertz CT molecular complexity index is 840. The number of nitrogens with one attached hydrogen (secondary N) is 1. The first-order valence-corrected chi connectivity index (χ1v) is 8.90. The van der Waals surface area contributed by atoms with Gasteiger partial charge in [-0.1, -0.05) is 0 Å². The fourth-order valence-corrected chi connectivity index (χ4v) is 3.98. The van der Waals surface area contributed by atoms with Crippen molar-refractivity contribution in [2.24, 2.45) is 0 Å². The molecule has 1 N–H and O–H groups in total. The topological polar surface area (TPSA) is 79.2 Å². The average molecular weight is 339 g/mol. The minimum absolute atomic E-state index is 0.0400. The molecular formula is C17H21N7O. The summed E-state index contributed by atoms with van der Waals surface area (Å²) in [5.41, 5.74) is 3.43. The maximum Gasteiger partial charge on any atom is 0.322 e. The largest absolute Gasteiger partial charge is 0.352 e. The van der Waals surface area contributed by atoms with Gasteiger partial charge in [-0.2, -0.15) is 5.10 Å². The van der Waals surface area contributed by atoms with Gasteiger partial charge in [0, 0.05) is 43.6 Å². The fourth-order valence-electron chi connectivity index (χ4n) is 3.98. The lowest BCUT2D eigenvalue weighted by molar-refractivity contribution is 0.252. The zero-order chi connectivity index (χ0) is 17.0. The number of urea groups is 1. The van der Waals surface area contributed by atoms with Crippen molar-refractivity contribution in [1.29, 1.82) is 0 Å². The summed E-state index contributed by atoms with van der Waals surface area (Å²) >= 11 is 0. The average Bonchev–Trinajstić information content (AvgIpc) is 3.25. The van der Waals surface area contributed by atoms with Gasteiger partial charge in [0.1, 0.15) is 11.6 Å². The lowest BCUT2D eigenvalue weighted by atomic mass is 10.1. The van der Waals surface area contributed by atoms with E-state index < -0.39 is 0 Å². The molecule has 2 aromatic rings. The van der Waals surface area contributed by atoms with E-state index in [0.29, 0.717) is 19.1 Å². The minimum Gasteiger partial charge on any atom is -0.352 e. The Morgan fingerprint density at radius 3 is 2.92 bits per heavy atom. The maximum atomic E-state index is 11.8. The van der Waals surface area contributed by atoms with Crippen molar-refractivity contribution >= 4 is 17.5 Å². The van der Waals surface area contributed by atoms with Crippen molar-refractivity contribution in [3.63, 3.8) is 0 Å². The molecule has 2 fully saturated rings. The summed E-state index contributed by atoms with van der Waals surface area (Å²) in [6.07, 6.45) is 7.09. The number of anilines is 2. The second-order valence-corrected chi connectivity index (χ2v) is 6.99. The Labute approximate surface area is 145 Å². The van der Waals surface area contributed by atoms with Crippen LogP contribution in [0.3, 0.4) is 0 Å². The van der Waals surface area contributed by atoms with Crippen LogP contribution in [0.2, 0.25) is 0 Å². The third kappa shape index (κ3) is 2.35. The van der Waals surface area contributed by atoms with Gasteiger partial charge in [0.2, 0.25) is 0 Å². The van der Waals surface area contributed by atoms with Crippen LogP contribution >= 0.6 is 0 Å². The van der Waals surface area contributed by atoms with Crippen molar-refractivity contribution < 1.29 is 4.79 Å². The molecule has 8 heteroatoms. The molecule has 8 nitrogen and oxygen atoms in total. The number of carbonyl (C=O) groups excluding carboxylic acids is 1. The third-order valence-electron chi connectivity index (χ3n) is 5.32. The summed E-state index contributed by atoms with van der Waals surface area (Å²) in [6, 6.07) is 0.286. The number of nitrogens with zero attached hydrogens (tertiary/aromatic N) is 6. The van der Waals surface area contributed by atoms with Gasteiger partial charge in [0.05, 0.1) is 17.9 Å². The van der Waals surface area contributed by atoms with Crippen molar-refractivity contribution in [2.75, 3.05) is 36.0 Å². The highest BCUT2D eigenvalue weighted by Crippen LogP contribution is 2.34. The highest BCUT2D eigenvalue weighted by molar-refractivity contribution is 5.93. The number of amides is 2. The normalized spacial score (nSPS) is 20.0. The first kappa shape index (κ1) is 14.7. The van der Waals surface area contributed by atoms with E-state index in [1.54, 1.807) is 11.1 Å². The summed E-state index contributed by atoms with van der Waals surface area (Å²) in [7, 11) is 0. The van der Waals surface area contributed by atoms with E-state index in [9.17, 15) is 4.79 Å². The first-order chi connectivity index (χ1) is 12.2. The van der Waals surface area contributed by atoms with E-state index in [4.69, 9.17) is 4.98 Å². The summed E-state index contributed by atoms with van der Waals surface area (Å²) in [5, 5.41) is 7.29. The molecule has 0 atom stereocenters. The van der Waals surface area contributed by atoms with Gasteiger partial charge in [0.15, 0.2) is 0 Å². The van der Waals surface area contributed by atoms with Crippen LogP contribution in [0.5, 0.6) is 0 Å². The van der Waals surface area contributed by atoms with Gasteiger partial charge in [-0.05, 0) is 26.2 Å². The van der Waals surface area contributed by atoms with E-state index in [1.807, 2.05) is 17.8 Å². The van der Waals surface area contributed by atoms with Crippen LogP contribution < -0.4 is 15.1 Å². The van der Waals surface area contributed by atoms with Crippen molar-refractivity contribution in [3.05, 3.63) is 29.5 Å². The Morgan fingerprint density at radius 2 is 2.12 bits per heavy atom. The molecule has 0 aromatic carbocycles. The Balaban J connectivity index is 1.31. The van der Waals surface area contributed by atoms with Crippen LogP contribution in [0.25, 0.3) is 0 Å². The van der Waals surface area contributed by atoms with Crippen molar-refractivity contribution in [1.82, 2.24) is 25.1 Å². The lowest BCUT2D eigenvalue weighted by Crippen LogP contribution is -2.49. The molecule has 2 saturated heterocycles. The zero-order valence-electron chi connectivity index (χ0n) is 14.3. The number of hydrogen-bond acceptors (Lipinski definition) is 5. The number of fused-ring (bicyclic) bond motifs is 1. The molecule has 2 aromatic heterocycles. The predicted molar refractivity (Wildman–Crippen MR) is 93.0 cm³/mol.